The van der Waals surface area contributed by atoms with Crippen molar-refractivity contribution in [1.29, 1.82) is 0 Å². The van der Waals surface area contributed by atoms with Gasteiger partial charge in [0.2, 0.25) is 0 Å². The number of amides is 2. The predicted molar refractivity (Wildman–Crippen MR) is 58.5 cm³/mol. The lowest BCUT2D eigenvalue weighted by molar-refractivity contribution is -0.137. The zero-order valence-corrected chi connectivity index (χ0v) is 9.21. The summed E-state index contributed by atoms with van der Waals surface area (Å²) in [6, 6.07) is 3.98. The van der Waals surface area contributed by atoms with Crippen LogP contribution in [0.5, 0.6) is 0 Å². The van der Waals surface area contributed by atoms with Crippen LogP contribution in [0.1, 0.15) is 11.8 Å². The van der Waals surface area contributed by atoms with Crippen molar-refractivity contribution in [2.75, 3.05) is 6.54 Å². The third-order valence-corrected chi connectivity index (χ3v) is 3.29. The maximum atomic E-state index is 11.5. The van der Waals surface area contributed by atoms with E-state index in [0.717, 1.165) is 6.42 Å². The average Bonchev–Trinajstić information content (AvgIpc) is 2.76. The Bertz CT molecular complexity index is 420. The fraction of sp³-hybridized carbons (Fsp3) is 0.273. The molecule has 78 valence electrons. The third-order valence-electron chi connectivity index (χ3n) is 2.35. The van der Waals surface area contributed by atoms with Crippen molar-refractivity contribution in [3.63, 3.8) is 0 Å². The number of imide groups is 1. The van der Waals surface area contributed by atoms with E-state index in [4.69, 9.17) is 0 Å². The Morgan fingerprint density at radius 1 is 1.40 bits per heavy atom. The molecule has 1 aromatic rings. The van der Waals surface area contributed by atoms with Gasteiger partial charge in [0.1, 0.15) is 0 Å². The van der Waals surface area contributed by atoms with E-state index in [1.165, 1.54) is 15.9 Å². The molecule has 15 heavy (non-hydrogen) atoms. The Balaban J connectivity index is 1.97. The molecule has 0 saturated carbocycles. The summed E-state index contributed by atoms with van der Waals surface area (Å²) in [5.41, 5.74) is 0.533. The molecule has 0 radical (unpaired) electrons. The lowest BCUT2D eigenvalue weighted by atomic mass is 10.3. The van der Waals surface area contributed by atoms with E-state index < -0.39 is 0 Å². The van der Waals surface area contributed by atoms with E-state index in [1.807, 2.05) is 17.5 Å². The molecule has 4 heteroatoms. The van der Waals surface area contributed by atoms with E-state index in [2.05, 4.69) is 0 Å². The smallest absolute Gasteiger partial charge is 0.256 e. The van der Waals surface area contributed by atoms with Crippen LogP contribution in [-0.4, -0.2) is 23.3 Å². The molecule has 0 fully saturated rings. The van der Waals surface area contributed by atoms with Crippen molar-refractivity contribution >= 4 is 23.2 Å². The third kappa shape index (κ3) is 1.99. The van der Waals surface area contributed by atoms with Crippen molar-refractivity contribution in [1.82, 2.24) is 4.90 Å². The minimum Gasteiger partial charge on any atom is -0.275 e. The van der Waals surface area contributed by atoms with Gasteiger partial charge in [-0.2, -0.15) is 0 Å². The van der Waals surface area contributed by atoms with Crippen molar-refractivity contribution in [2.45, 2.75) is 13.3 Å². The van der Waals surface area contributed by atoms with Gasteiger partial charge in [-0.05, 0) is 24.8 Å². The molecule has 2 amide bonds. The zero-order chi connectivity index (χ0) is 10.8. The highest BCUT2D eigenvalue weighted by Gasteiger charge is 2.27. The van der Waals surface area contributed by atoms with Crippen molar-refractivity contribution in [3.05, 3.63) is 34.0 Å². The van der Waals surface area contributed by atoms with E-state index in [1.54, 1.807) is 18.3 Å². The van der Waals surface area contributed by atoms with Crippen LogP contribution < -0.4 is 0 Å². The molecule has 0 spiro atoms. The van der Waals surface area contributed by atoms with Gasteiger partial charge in [-0.25, -0.2) is 0 Å². The van der Waals surface area contributed by atoms with Crippen molar-refractivity contribution in [2.24, 2.45) is 0 Å². The second kappa shape index (κ2) is 3.98. The quantitative estimate of drug-likeness (QED) is 0.727. The SMILES string of the molecule is CC1=CC(=O)N(CCc2cccs2)C1=O. The molecule has 2 rings (SSSR count). The van der Waals surface area contributed by atoms with Crippen LogP contribution in [0.4, 0.5) is 0 Å². The highest BCUT2D eigenvalue weighted by atomic mass is 32.1. The minimum absolute atomic E-state index is 0.156. The lowest BCUT2D eigenvalue weighted by Gasteiger charge is -2.13. The summed E-state index contributed by atoms with van der Waals surface area (Å²) in [7, 11) is 0. The molecule has 1 aromatic heterocycles. The number of nitrogens with zero attached hydrogens (tertiary/aromatic N) is 1. The number of carbonyl (C=O) groups is 2. The first-order valence-electron chi connectivity index (χ1n) is 4.75. The maximum absolute atomic E-state index is 11.5. The van der Waals surface area contributed by atoms with E-state index >= 15 is 0 Å². The van der Waals surface area contributed by atoms with Gasteiger partial charge in [0, 0.05) is 23.1 Å². The predicted octanol–water partition coefficient (Wildman–Crippen LogP) is 1.61. The molecule has 2 heterocycles. The monoisotopic (exact) mass is 221 g/mol. The van der Waals surface area contributed by atoms with Gasteiger partial charge >= 0.3 is 0 Å². The molecule has 0 aliphatic carbocycles. The minimum atomic E-state index is -0.186. The fourth-order valence-corrected chi connectivity index (χ4v) is 2.22. The Kier molecular flexibility index (Phi) is 2.68. The van der Waals surface area contributed by atoms with Gasteiger partial charge in [-0.3, -0.25) is 14.5 Å². The molecule has 1 aliphatic rings. The first-order valence-corrected chi connectivity index (χ1v) is 5.63. The molecule has 0 bridgehead atoms. The van der Waals surface area contributed by atoms with Crippen LogP contribution in [0.2, 0.25) is 0 Å². The number of carbonyl (C=O) groups excluding carboxylic acids is 2. The van der Waals surface area contributed by atoms with Gasteiger partial charge in [-0.1, -0.05) is 6.07 Å². The van der Waals surface area contributed by atoms with Gasteiger partial charge in [0.15, 0.2) is 0 Å². The Hall–Kier alpha value is -1.42. The summed E-state index contributed by atoms with van der Waals surface area (Å²) >= 11 is 1.64. The molecule has 0 saturated heterocycles. The first kappa shape index (κ1) is 10.1. The largest absolute Gasteiger partial charge is 0.275 e. The number of hydrogen-bond acceptors (Lipinski definition) is 3. The molecule has 0 atom stereocenters. The zero-order valence-electron chi connectivity index (χ0n) is 8.40. The second-order valence-electron chi connectivity index (χ2n) is 3.45. The number of rotatable bonds is 3. The summed E-state index contributed by atoms with van der Waals surface area (Å²) in [6.45, 7) is 2.15. The lowest BCUT2D eigenvalue weighted by Crippen LogP contribution is -2.32. The van der Waals surface area contributed by atoms with E-state index in [-0.39, 0.29) is 11.8 Å². The van der Waals surface area contributed by atoms with Gasteiger partial charge in [-0.15, -0.1) is 11.3 Å². The number of hydrogen-bond donors (Lipinski definition) is 0. The fourth-order valence-electron chi connectivity index (χ4n) is 1.53. The summed E-state index contributed by atoms with van der Waals surface area (Å²) < 4.78 is 0. The standard InChI is InChI=1S/C11H11NO2S/c1-8-7-10(13)12(11(8)14)5-4-9-3-2-6-15-9/h2-3,6-7H,4-5H2,1H3. The molecular formula is C11H11NO2S. The van der Waals surface area contributed by atoms with Crippen molar-refractivity contribution < 1.29 is 9.59 Å². The molecule has 0 N–H and O–H groups in total. The molecule has 1 aliphatic heterocycles. The summed E-state index contributed by atoms with van der Waals surface area (Å²) in [5.74, 6) is -0.342. The van der Waals surface area contributed by atoms with Crippen LogP contribution in [0.3, 0.4) is 0 Å². The Morgan fingerprint density at radius 2 is 2.20 bits per heavy atom. The summed E-state index contributed by atoms with van der Waals surface area (Å²) in [6.07, 6.45) is 2.15. The van der Waals surface area contributed by atoms with Gasteiger partial charge < -0.3 is 0 Å². The summed E-state index contributed by atoms with van der Waals surface area (Å²) in [5, 5.41) is 1.99. The normalized spacial score (nSPS) is 16.1. The Labute approximate surface area is 92.0 Å². The van der Waals surface area contributed by atoms with Crippen LogP contribution in [-0.2, 0) is 16.0 Å². The number of thiophene rings is 1. The topological polar surface area (TPSA) is 37.4 Å². The average molecular weight is 221 g/mol. The summed E-state index contributed by atoms with van der Waals surface area (Å²) in [4.78, 5) is 25.4. The highest BCUT2D eigenvalue weighted by molar-refractivity contribution is 7.09. The molecule has 0 aromatic carbocycles. The highest BCUT2D eigenvalue weighted by Crippen LogP contribution is 2.14. The molecular weight excluding hydrogens is 210 g/mol. The van der Waals surface area contributed by atoms with E-state index in [0.29, 0.717) is 12.1 Å². The van der Waals surface area contributed by atoms with Gasteiger partial charge in [0.05, 0.1) is 0 Å². The first-order chi connectivity index (χ1) is 7.18. The van der Waals surface area contributed by atoms with Gasteiger partial charge in [0.25, 0.3) is 11.8 Å². The van der Waals surface area contributed by atoms with Crippen LogP contribution >= 0.6 is 11.3 Å². The second-order valence-corrected chi connectivity index (χ2v) is 4.48. The van der Waals surface area contributed by atoms with Crippen molar-refractivity contribution in [3.8, 4) is 0 Å². The van der Waals surface area contributed by atoms with Crippen LogP contribution in [0.25, 0.3) is 0 Å². The molecule has 0 unspecified atom stereocenters. The van der Waals surface area contributed by atoms with Crippen LogP contribution in [0.15, 0.2) is 29.2 Å². The van der Waals surface area contributed by atoms with Crippen LogP contribution in [0, 0.1) is 0 Å². The Morgan fingerprint density at radius 3 is 2.73 bits per heavy atom. The maximum Gasteiger partial charge on any atom is 0.256 e. The van der Waals surface area contributed by atoms with E-state index in [9.17, 15) is 9.59 Å². The molecule has 3 nitrogen and oxygen atoms in total.